The third-order valence-electron chi connectivity index (χ3n) is 2.60. The Kier molecular flexibility index (Phi) is 4.70. The van der Waals surface area contributed by atoms with Crippen molar-refractivity contribution in [2.45, 2.75) is 26.7 Å². The Hall–Kier alpha value is -0.120. The molecule has 2 N–H and O–H groups in total. The van der Waals surface area contributed by atoms with Crippen molar-refractivity contribution in [2.24, 2.45) is 11.8 Å². The second kappa shape index (κ2) is 5.58. The minimum atomic E-state index is 0.359. The van der Waals surface area contributed by atoms with Crippen LogP contribution in [0.25, 0.3) is 0 Å². The fraction of sp³-hybridized carbons (Fsp3) is 1.00. The van der Waals surface area contributed by atoms with Crippen LogP contribution < -0.4 is 5.43 Å². The summed E-state index contributed by atoms with van der Waals surface area (Å²) >= 11 is 0. The Bertz CT molecular complexity index is 131. The molecule has 3 heteroatoms. The van der Waals surface area contributed by atoms with Gasteiger partial charge < -0.3 is 5.11 Å². The Balaban J connectivity index is 2.10. The Morgan fingerprint density at radius 1 is 1.38 bits per heavy atom. The Labute approximate surface area is 81.1 Å². The van der Waals surface area contributed by atoms with E-state index >= 15 is 0 Å². The molecule has 0 aromatic heterocycles. The van der Waals surface area contributed by atoms with Crippen LogP contribution in [0.4, 0.5) is 0 Å². The lowest BCUT2D eigenvalue weighted by molar-refractivity contribution is 0.0907. The van der Waals surface area contributed by atoms with Gasteiger partial charge >= 0.3 is 0 Å². The van der Waals surface area contributed by atoms with Crippen molar-refractivity contribution in [3.8, 4) is 0 Å². The van der Waals surface area contributed by atoms with Crippen molar-refractivity contribution in [1.29, 1.82) is 0 Å². The predicted octanol–water partition coefficient (Wildman–Crippen LogP) is 0.851. The summed E-state index contributed by atoms with van der Waals surface area (Å²) in [6.45, 7) is 8.01. The highest BCUT2D eigenvalue weighted by Gasteiger charge is 2.17. The summed E-state index contributed by atoms with van der Waals surface area (Å²) in [5.74, 6) is 1.24. The summed E-state index contributed by atoms with van der Waals surface area (Å²) < 4.78 is 0. The van der Waals surface area contributed by atoms with Gasteiger partial charge in [0.25, 0.3) is 0 Å². The first kappa shape index (κ1) is 11.0. The van der Waals surface area contributed by atoms with E-state index in [-0.39, 0.29) is 0 Å². The van der Waals surface area contributed by atoms with Crippen LogP contribution in [0.15, 0.2) is 0 Å². The molecule has 0 aliphatic carbocycles. The van der Waals surface area contributed by atoms with Gasteiger partial charge in [-0.2, -0.15) is 0 Å². The van der Waals surface area contributed by atoms with Crippen molar-refractivity contribution in [2.75, 3.05) is 26.2 Å². The number of aliphatic hydroxyl groups excluding tert-OH is 1. The minimum Gasteiger partial charge on any atom is -0.396 e. The molecule has 1 aliphatic rings. The van der Waals surface area contributed by atoms with Crippen LogP contribution in [0.1, 0.15) is 26.7 Å². The standard InChI is InChI=1S/C10H22N2O/c1-9(2)7-11-12-5-3-10(8-13)4-6-12/h9-11,13H,3-8H2,1-2H3. The van der Waals surface area contributed by atoms with Gasteiger partial charge in [-0.1, -0.05) is 13.8 Å². The van der Waals surface area contributed by atoms with Gasteiger partial charge in [-0.05, 0) is 24.7 Å². The molecule has 0 amide bonds. The first-order valence-electron chi connectivity index (χ1n) is 5.31. The normalized spacial score (nSPS) is 21.2. The lowest BCUT2D eigenvalue weighted by Gasteiger charge is -2.31. The molecule has 3 nitrogen and oxygen atoms in total. The minimum absolute atomic E-state index is 0.359. The predicted molar refractivity (Wildman–Crippen MR) is 54.2 cm³/mol. The monoisotopic (exact) mass is 186 g/mol. The number of hydrogen-bond acceptors (Lipinski definition) is 3. The Morgan fingerprint density at radius 2 is 2.00 bits per heavy atom. The maximum atomic E-state index is 8.96. The average Bonchev–Trinajstić information content (AvgIpc) is 2.15. The zero-order chi connectivity index (χ0) is 9.68. The molecule has 78 valence electrons. The van der Waals surface area contributed by atoms with Gasteiger partial charge in [0.1, 0.15) is 0 Å². The summed E-state index contributed by atoms with van der Waals surface area (Å²) in [7, 11) is 0. The molecule has 1 fully saturated rings. The van der Waals surface area contributed by atoms with Crippen molar-refractivity contribution < 1.29 is 5.11 Å². The molecule has 1 saturated heterocycles. The number of nitrogens with zero attached hydrogens (tertiary/aromatic N) is 1. The molecule has 1 aliphatic heterocycles. The van der Waals surface area contributed by atoms with E-state index in [0.29, 0.717) is 18.4 Å². The summed E-state index contributed by atoms with van der Waals surface area (Å²) in [5, 5.41) is 11.2. The first-order valence-corrected chi connectivity index (χ1v) is 5.31. The third kappa shape index (κ3) is 4.07. The molecule has 0 aromatic rings. The highest BCUT2D eigenvalue weighted by atomic mass is 16.3. The van der Waals surface area contributed by atoms with Crippen LogP contribution in [-0.4, -0.2) is 36.4 Å². The van der Waals surface area contributed by atoms with E-state index in [0.717, 1.165) is 32.5 Å². The largest absolute Gasteiger partial charge is 0.396 e. The van der Waals surface area contributed by atoms with E-state index in [1.165, 1.54) is 0 Å². The van der Waals surface area contributed by atoms with Crippen LogP contribution >= 0.6 is 0 Å². The van der Waals surface area contributed by atoms with Crippen molar-refractivity contribution in [1.82, 2.24) is 10.4 Å². The second-order valence-electron chi connectivity index (χ2n) is 4.37. The maximum Gasteiger partial charge on any atom is 0.0460 e. The van der Waals surface area contributed by atoms with Crippen LogP contribution in [0.2, 0.25) is 0 Å². The summed E-state index contributed by atoms with van der Waals surface area (Å²) in [4.78, 5) is 0. The molecule has 0 unspecified atom stereocenters. The van der Waals surface area contributed by atoms with Crippen molar-refractivity contribution >= 4 is 0 Å². The van der Waals surface area contributed by atoms with Gasteiger partial charge in [0.2, 0.25) is 0 Å². The van der Waals surface area contributed by atoms with Gasteiger partial charge in [0.05, 0.1) is 0 Å². The molecule has 0 aromatic carbocycles. The summed E-state index contributed by atoms with van der Waals surface area (Å²) in [5.41, 5.74) is 3.42. The maximum absolute atomic E-state index is 8.96. The van der Waals surface area contributed by atoms with Gasteiger partial charge in [-0.15, -0.1) is 0 Å². The van der Waals surface area contributed by atoms with E-state index in [4.69, 9.17) is 5.11 Å². The number of piperidine rings is 1. The van der Waals surface area contributed by atoms with Gasteiger partial charge in [-0.25, -0.2) is 5.01 Å². The topological polar surface area (TPSA) is 35.5 Å². The van der Waals surface area contributed by atoms with Crippen LogP contribution in [0.5, 0.6) is 0 Å². The molecule has 0 bridgehead atoms. The number of hydrogen-bond donors (Lipinski definition) is 2. The lowest BCUT2D eigenvalue weighted by Crippen LogP contribution is -2.45. The molecule has 1 heterocycles. The smallest absolute Gasteiger partial charge is 0.0460 e. The van der Waals surface area contributed by atoms with Gasteiger partial charge in [0, 0.05) is 26.2 Å². The number of hydrazine groups is 1. The third-order valence-corrected chi connectivity index (χ3v) is 2.60. The highest BCUT2D eigenvalue weighted by molar-refractivity contribution is 4.69. The fourth-order valence-electron chi connectivity index (χ4n) is 1.59. The molecule has 0 radical (unpaired) electrons. The van der Waals surface area contributed by atoms with Crippen LogP contribution in [-0.2, 0) is 0 Å². The van der Waals surface area contributed by atoms with E-state index in [9.17, 15) is 0 Å². The molecule has 1 rings (SSSR count). The summed E-state index contributed by atoms with van der Waals surface area (Å²) in [6, 6.07) is 0. The average molecular weight is 186 g/mol. The van der Waals surface area contributed by atoms with Gasteiger partial charge in [0.15, 0.2) is 0 Å². The van der Waals surface area contributed by atoms with E-state index in [2.05, 4.69) is 24.3 Å². The van der Waals surface area contributed by atoms with Gasteiger partial charge in [-0.3, -0.25) is 5.43 Å². The molecule has 13 heavy (non-hydrogen) atoms. The van der Waals surface area contributed by atoms with Crippen LogP contribution in [0, 0.1) is 11.8 Å². The molecule has 0 atom stereocenters. The zero-order valence-corrected chi connectivity index (χ0v) is 8.79. The first-order chi connectivity index (χ1) is 6.22. The quantitative estimate of drug-likeness (QED) is 0.683. The molecule has 0 saturated carbocycles. The number of nitrogens with one attached hydrogen (secondary N) is 1. The SMILES string of the molecule is CC(C)CNN1CCC(CO)CC1. The summed E-state index contributed by atoms with van der Waals surface area (Å²) in [6.07, 6.45) is 2.25. The highest BCUT2D eigenvalue weighted by Crippen LogP contribution is 2.14. The lowest BCUT2D eigenvalue weighted by atomic mass is 9.99. The second-order valence-corrected chi connectivity index (χ2v) is 4.37. The van der Waals surface area contributed by atoms with E-state index in [1.807, 2.05) is 0 Å². The fourth-order valence-corrected chi connectivity index (χ4v) is 1.59. The molecular formula is C10H22N2O. The number of rotatable bonds is 4. The van der Waals surface area contributed by atoms with Crippen LogP contribution in [0.3, 0.4) is 0 Å². The molecule has 0 spiro atoms. The zero-order valence-electron chi connectivity index (χ0n) is 8.79. The van der Waals surface area contributed by atoms with Crippen molar-refractivity contribution in [3.63, 3.8) is 0 Å². The Morgan fingerprint density at radius 3 is 2.46 bits per heavy atom. The number of aliphatic hydroxyl groups is 1. The van der Waals surface area contributed by atoms with Crippen molar-refractivity contribution in [3.05, 3.63) is 0 Å². The van der Waals surface area contributed by atoms with E-state index in [1.54, 1.807) is 0 Å². The van der Waals surface area contributed by atoms with E-state index < -0.39 is 0 Å². The molecular weight excluding hydrogens is 164 g/mol.